The van der Waals surface area contributed by atoms with Gasteiger partial charge < -0.3 is 4.98 Å². The highest BCUT2D eigenvalue weighted by Crippen LogP contribution is 2.20. The number of fused-ring (bicyclic) bond motifs is 1. The summed E-state index contributed by atoms with van der Waals surface area (Å²) in [5.74, 6) is 1.12. The zero-order chi connectivity index (χ0) is 16.9. The number of likely N-dealkylation sites (tertiary alicyclic amines) is 1. The zero-order valence-corrected chi connectivity index (χ0v) is 14.9. The van der Waals surface area contributed by atoms with E-state index in [2.05, 4.69) is 58.4 Å². The summed E-state index contributed by atoms with van der Waals surface area (Å²) in [6.45, 7) is 3.38. The molecule has 1 aromatic heterocycles. The molecule has 25 heavy (non-hydrogen) atoms. The Hall–Kier alpha value is -2.13. The van der Waals surface area contributed by atoms with E-state index in [9.17, 15) is 0 Å². The molecule has 0 spiro atoms. The van der Waals surface area contributed by atoms with Crippen molar-refractivity contribution in [3.05, 3.63) is 65.5 Å². The van der Waals surface area contributed by atoms with Gasteiger partial charge in [-0.05, 0) is 62.4 Å². The molecule has 1 aliphatic heterocycles. The Balaban J connectivity index is 1.43. The van der Waals surface area contributed by atoms with Crippen LogP contribution in [0.3, 0.4) is 0 Å². The normalized spacial score (nSPS) is 15.7. The molecule has 0 bridgehead atoms. The van der Waals surface area contributed by atoms with Gasteiger partial charge in [0.1, 0.15) is 5.82 Å². The van der Waals surface area contributed by atoms with E-state index in [1.807, 2.05) is 0 Å². The first kappa shape index (κ1) is 16.3. The third-order valence-corrected chi connectivity index (χ3v) is 5.22. The van der Waals surface area contributed by atoms with Crippen LogP contribution < -0.4 is 0 Å². The average molecular weight is 333 g/mol. The molecular formula is C22H27N3. The fourth-order valence-corrected chi connectivity index (χ4v) is 3.88. The fraction of sp³-hybridized carbons (Fsp3) is 0.409. The highest BCUT2D eigenvalue weighted by molar-refractivity contribution is 5.78. The summed E-state index contributed by atoms with van der Waals surface area (Å²) in [5, 5.41) is 0. The van der Waals surface area contributed by atoms with Crippen LogP contribution in [0.2, 0.25) is 0 Å². The van der Waals surface area contributed by atoms with Gasteiger partial charge in [0.15, 0.2) is 0 Å². The van der Waals surface area contributed by atoms with E-state index >= 15 is 0 Å². The number of piperidine rings is 1. The minimum Gasteiger partial charge on any atom is -0.341 e. The second kappa shape index (κ2) is 7.83. The molecule has 0 unspecified atom stereocenters. The van der Waals surface area contributed by atoms with Crippen molar-refractivity contribution >= 4 is 11.0 Å². The van der Waals surface area contributed by atoms with E-state index in [0.717, 1.165) is 31.6 Å². The number of hydrogen-bond donors (Lipinski definition) is 1. The van der Waals surface area contributed by atoms with Gasteiger partial charge in [0.05, 0.1) is 17.6 Å². The number of aromatic nitrogens is 2. The zero-order valence-electron chi connectivity index (χ0n) is 14.9. The maximum Gasteiger partial charge on any atom is 0.121 e. The quantitative estimate of drug-likeness (QED) is 0.707. The first-order valence-electron chi connectivity index (χ1n) is 9.61. The van der Waals surface area contributed by atoms with Crippen molar-refractivity contribution in [2.45, 2.75) is 45.1 Å². The minimum absolute atomic E-state index is 0.956. The third kappa shape index (κ3) is 4.10. The molecule has 1 N–H and O–H groups in total. The van der Waals surface area contributed by atoms with Crippen molar-refractivity contribution in [2.24, 2.45) is 0 Å². The van der Waals surface area contributed by atoms with Crippen LogP contribution in [0.15, 0.2) is 48.5 Å². The van der Waals surface area contributed by atoms with Crippen LogP contribution in [-0.2, 0) is 19.4 Å². The van der Waals surface area contributed by atoms with Crippen LogP contribution >= 0.6 is 0 Å². The Labute approximate surface area is 150 Å². The second-order valence-corrected chi connectivity index (χ2v) is 7.17. The smallest absolute Gasteiger partial charge is 0.121 e. The molecule has 0 radical (unpaired) electrons. The first-order valence-corrected chi connectivity index (χ1v) is 9.61. The Morgan fingerprint density at radius 1 is 0.880 bits per heavy atom. The highest BCUT2D eigenvalue weighted by Gasteiger charge is 2.13. The summed E-state index contributed by atoms with van der Waals surface area (Å²) >= 11 is 0. The number of para-hydroxylation sites is 1. The largest absolute Gasteiger partial charge is 0.341 e. The van der Waals surface area contributed by atoms with Gasteiger partial charge in [-0.1, -0.05) is 48.9 Å². The van der Waals surface area contributed by atoms with Gasteiger partial charge in [-0.25, -0.2) is 4.98 Å². The Morgan fingerprint density at radius 2 is 1.72 bits per heavy atom. The summed E-state index contributed by atoms with van der Waals surface area (Å²) in [7, 11) is 0. The maximum atomic E-state index is 4.94. The van der Waals surface area contributed by atoms with Gasteiger partial charge in [-0.15, -0.1) is 0 Å². The van der Waals surface area contributed by atoms with Crippen LogP contribution in [0, 0.1) is 0 Å². The molecule has 3 heteroatoms. The third-order valence-electron chi connectivity index (χ3n) is 5.22. The number of hydrogen-bond acceptors (Lipinski definition) is 2. The molecular weight excluding hydrogens is 306 g/mol. The molecule has 1 fully saturated rings. The molecule has 0 saturated carbocycles. The lowest BCUT2D eigenvalue weighted by molar-refractivity contribution is 0.216. The van der Waals surface area contributed by atoms with E-state index in [0.29, 0.717) is 0 Å². The molecule has 1 saturated heterocycles. The molecule has 0 amide bonds. The molecule has 2 heterocycles. The summed E-state index contributed by atoms with van der Waals surface area (Å²) < 4.78 is 0. The van der Waals surface area contributed by atoms with Gasteiger partial charge in [-0.3, -0.25) is 4.90 Å². The molecule has 0 atom stereocenters. The average Bonchev–Trinajstić information content (AvgIpc) is 3.07. The summed E-state index contributed by atoms with van der Waals surface area (Å²) in [4.78, 5) is 11.0. The number of imidazole rings is 1. The summed E-state index contributed by atoms with van der Waals surface area (Å²) in [6.07, 6.45) is 7.40. The number of nitrogens with zero attached hydrogens (tertiary/aromatic N) is 2. The van der Waals surface area contributed by atoms with Crippen molar-refractivity contribution in [3.63, 3.8) is 0 Å². The Kier molecular flexibility index (Phi) is 5.12. The predicted octanol–water partition coefficient (Wildman–Crippen LogP) is 4.72. The fourth-order valence-electron chi connectivity index (χ4n) is 3.88. The van der Waals surface area contributed by atoms with Crippen molar-refractivity contribution in [2.75, 3.05) is 13.1 Å². The standard InChI is InChI=1S/C22H27N3/c1-3-9-18(10-4-1)11-7-12-19-13-8-14-20-22(19)24-21(23-20)17-25-15-5-2-6-16-25/h1,3-4,8-10,13-14H,2,5-7,11-12,15-17H2,(H,23,24). The summed E-state index contributed by atoms with van der Waals surface area (Å²) in [6, 6.07) is 17.3. The van der Waals surface area contributed by atoms with E-state index in [4.69, 9.17) is 4.98 Å². The van der Waals surface area contributed by atoms with Gasteiger partial charge in [-0.2, -0.15) is 0 Å². The van der Waals surface area contributed by atoms with Crippen LogP contribution in [0.1, 0.15) is 42.6 Å². The minimum atomic E-state index is 0.956. The highest BCUT2D eigenvalue weighted by atomic mass is 15.1. The summed E-state index contributed by atoms with van der Waals surface area (Å²) in [5.41, 5.74) is 5.14. The SMILES string of the molecule is c1ccc(CCCc2cccc3[nH]c(CN4CCCCC4)nc23)cc1. The van der Waals surface area contributed by atoms with Gasteiger partial charge in [0.2, 0.25) is 0 Å². The number of H-pyrrole nitrogens is 1. The van der Waals surface area contributed by atoms with E-state index in [1.54, 1.807) is 0 Å². The number of benzene rings is 2. The van der Waals surface area contributed by atoms with Crippen LogP contribution in [0.4, 0.5) is 0 Å². The lowest BCUT2D eigenvalue weighted by Gasteiger charge is -2.25. The topological polar surface area (TPSA) is 31.9 Å². The van der Waals surface area contributed by atoms with E-state index in [-0.39, 0.29) is 0 Å². The first-order chi connectivity index (χ1) is 12.4. The van der Waals surface area contributed by atoms with Crippen LogP contribution in [-0.4, -0.2) is 28.0 Å². The molecule has 130 valence electrons. The van der Waals surface area contributed by atoms with Gasteiger partial charge in [0, 0.05) is 0 Å². The molecule has 1 aliphatic rings. The molecule has 4 rings (SSSR count). The molecule has 3 aromatic rings. The van der Waals surface area contributed by atoms with Gasteiger partial charge in [0.25, 0.3) is 0 Å². The number of aryl methyl sites for hydroxylation is 2. The van der Waals surface area contributed by atoms with Crippen LogP contribution in [0.25, 0.3) is 11.0 Å². The lowest BCUT2D eigenvalue weighted by Crippen LogP contribution is -2.29. The Bertz CT molecular complexity index is 801. The number of nitrogens with one attached hydrogen (secondary N) is 1. The van der Waals surface area contributed by atoms with Crippen LogP contribution in [0.5, 0.6) is 0 Å². The predicted molar refractivity (Wildman–Crippen MR) is 104 cm³/mol. The number of rotatable bonds is 6. The molecule has 3 nitrogen and oxygen atoms in total. The van der Waals surface area contributed by atoms with E-state index < -0.39 is 0 Å². The van der Waals surface area contributed by atoms with Crippen molar-refractivity contribution < 1.29 is 0 Å². The Morgan fingerprint density at radius 3 is 2.56 bits per heavy atom. The monoisotopic (exact) mass is 333 g/mol. The maximum absolute atomic E-state index is 4.94. The molecule has 0 aliphatic carbocycles. The molecule has 2 aromatic carbocycles. The number of aromatic amines is 1. The van der Waals surface area contributed by atoms with Crippen molar-refractivity contribution in [1.29, 1.82) is 0 Å². The van der Waals surface area contributed by atoms with E-state index in [1.165, 1.54) is 54.5 Å². The van der Waals surface area contributed by atoms with Crippen molar-refractivity contribution in [3.8, 4) is 0 Å². The van der Waals surface area contributed by atoms with Crippen molar-refractivity contribution in [1.82, 2.24) is 14.9 Å². The second-order valence-electron chi connectivity index (χ2n) is 7.17. The lowest BCUT2D eigenvalue weighted by atomic mass is 10.0. The van der Waals surface area contributed by atoms with Gasteiger partial charge >= 0.3 is 0 Å².